The molecular weight excluding hydrogens is 211 g/mol. The van der Waals surface area contributed by atoms with E-state index in [9.17, 15) is 13.2 Å². The quantitative estimate of drug-likeness (QED) is 0.656. The lowest BCUT2D eigenvalue weighted by Gasteiger charge is -2.04. The normalized spacial score (nSPS) is 12.3. The summed E-state index contributed by atoms with van der Waals surface area (Å²) >= 11 is 1.23. The van der Waals surface area contributed by atoms with Gasteiger partial charge in [0.1, 0.15) is 10.5 Å². The van der Waals surface area contributed by atoms with E-state index in [4.69, 9.17) is 0 Å². The van der Waals surface area contributed by atoms with Gasteiger partial charge in [-0.2, -0.15) is 13.2 Å². The topological polar surface area (TPSA) is 12.9 Å². The molecule has 0 aliphatic rings. The maximum absolute atomic E-state index is 12.3. The molecule has 0 saturated carbocycles. The van der Waals surface area contributed by atoms with Gasteiger partial charge < -0.3 is 0 Å². The number of aromatic nitrogens is 1. The zero-order valence-corrected chi connectivity index (χ0v) is 8.04. The molecule has 0 saturated heterocycles. The van der Waals surface area contributed by atoms with Crippen LogP contribution in [-0.4, -0.2) is 4.98 Å². The Morgan fingerprint density at radius 1 is 1.29 bits per heavy atom. The fourth-order valence-corrected chi connectivity index (χ4v) is 2.12. The van der Waals surface area contributed by atoms with Gasteiger partial charge >= 0.3 is 6.18 Å². The first-order chi connectivity index (χ1) is 6.48. The van der Waals surface area contributed by atoms with Gasteiger partial charge in [0.05, 0.1) is 0 Å². The molecule has 14 heavy (non-hydrogen) atoms. The number of hydrogen-bond acceptors (Lipinski definition) is 2. The predicted molar refractivity (Wildman–Crippen MR) is 49.4 cm³/mol. The van der Waals surface area contributed by atoms with Crippen molar-refractivity contribution in [1.29, 1.82) is 0 Å². The second-order valence-corrected chi connectivity index (χ2v) is 3.82. The third kappa shape index (κ3) is 1.48. The summed E-state index contributed by atoms with van der Waals surface area (Å²) in [5.74, 6) is 0. The van der Waals surface area contributed by atoms with E-state index in [1.165, 1.54) is 17.4 Å². The number of alkyl halides is 3. The van der Waals surface area contributed by atoms with E-state index < -0.39 is 11.9 Å². The van der Waals surface area contributed by atoms with E-state index in [1.807, 2.05) is 6.92 Å². The summed E-state index contributed by atoms with van der Waals surface area (Å²) in [6.45, 7) is 1.85. The van der Waals surface area contributed by atoms with E-state index >= 15 is 0 Å². The monoisotopic (exact) mass is 217 g/mol. The first-order valence-corrected chi connectivity index (χ1v) is 4.78. The highest BCUT2D eigenvalue weighted by atomic mass is 32.1. The molecule has 0 fully saturated rings. The van der Waals surface area contributed by atoms with Crippen LogP contribution in [0.5, 0.6) is 0 Å². The van der Waals surface area contributed by atoms with Crippen LogP contribution in [0.2, 0.25) is 0 Å². The molecule has 2 heterocycles. The summed E-state index contributed by atoms with van der Waals surface area (Å²) in [7, 11) is 0. The van der Waals surface area contributed by atoms with Gasteiger partial charge in [-0.25, -0.2) is 4.98 Å². The summed E-state index contributed by atoms with van der Waals surface area (Å²) in [4.78, 5) is 4.00. The Labute approximate surface area is 82.2 Å². The van der Waals surface area contributed by atoms with Crippen molar-refractivity contribution >= 4 is 21.6 Å². The Bertz CT molecular complexity index is 472. The number of hydrogen-bond donors (Lipinski definition) is 0. The summed E-state index contributed by atoms with van der Waals surface area (Å²) in [5, 5.41) is 2.60. The number of thiophene rings is 1. The first-order valence-electron chi connectivity index (χ1n) is 3.90. The van der Waals surface area contributed by atoms with Gasteiger partial charge in [-0.05, 0) is 30.0 Å². The average Bonchev–Trinajstić information content (AvgIpc) is 2.46. The lowest BCUT2D eigenvalue weighted by Crippen LogP contribution is -2.06. The predicted octanol–water partition coefficient (Wildman–Crippen LogP) is 3.62. The number of halogens is 3. The Morgan fingerprint density at radius 3 is 2.64 bits per heavy atom. The van der Waals surface area contributed by atoms with Gasteiger partial charge in [0.2, 0.25) is 0 Å². The van der Waals surface area contributed by atoms with Gasteiger partial charge in [-0.15, -0.1) is 11.3 Å². The van der Waals surface area contributed by atoms with Crippen LogP contribution < -0.4 is 0 Å². The lowest BCUT2D eigenvalue weighted by molar-refractivity contribution is -0.140. The number of pyridine rings is 1. The molecule has 74 valence electrons. The molecule has 0 radical (unpaired) electrons. The van der Waals surface area contributed by atoms with E-state index in [0.29, 0.717) is 4.83 Å². The molecule has 0 bridgehead atoms. The number of aryl methyl sites for hydroxylation is 1. The van der Waals surface area contributed by atoms with Crippen LogP contribution in [0, 0.1) is 6.92 Å². The minimum absolute atomic E-state index is 0.442. The molecule has 2 rings (SSSR count). The van der Waals surface area contributed by atoms with Crippen LogP contribution in [0.1, 0.15) is 11.3 Å². The van der Waals surface area contributed by atoms with Crippen molar-refractivity contribution < 1.29 is 13.2 Å². The molecule has 0 aromatic carbocycles. The fourth-order valence-electron chi connectivity index (χ4n) is 1.20. The van der Waals surface area contributed by atoms with Crippen LogP contribution >= 0.6 is 11.3 Å². The van der Waals surface area contributed by atoms with Crippen molar-refractivity contribution in [3.05, 3.63) is 28.8 Å². The van der Waals surface area contributed by atoms with Crippen molar-refractivity contribution in [2.75, 3.05) is 0 Å². The maximum Gasteiger partial charge on any atom is 0.433 e. The van der Waals surface area contributed by atoms with Gasteiger partial charge in [0.25, 0.3) is 0 Å². The molecule has 0 aliphatic carbocycles. The highest BCUT2D eigenvalue weighted by Gasteiger charge is 2.32. The van der Waals surface area contributed by atoms with Crippen molar-refractivity contribution in [3.63, 3.8) is 0 Å². The van der Waals surface area contributed by atoms with Crippen molar-refractivity contribution in [2.24, 2.45) is 0 Å². The summed E-state index contributed by atoms with van der Waals surface area (Å²) in [6.07, 6.45) is -4.36. The molecule has 2 aromatic rings. The zero-order chi connectivity index (χ0) is 10.3. The van der Waals surface area contributed by atoms with Gasteiger partial charge in [0.15, 0.2) is 0 Å². The highest BCUT2D eigenvalue weighted by Crippen LogP contribution is 2.31. The molecule has 1 nitrogen and oxygen atoms in total. The minimum atomic E-state index is -4.36. The standard InChI is InChI=1S/C9H6F3NS/c1-5-4-14-8-6(5)2-3-7(13-8)9(10,11)12/h2-4H,1H3. The molecule has 0 spiro atoms. The fraction of sp³-hybridized carbons (Fsp3) is 0.222. The van der Waals surface area contributed by atoms with E-state index in [1.54, 1.807) is 5.38 Å². The van der Waals surface area contributed by atoms with Crippen molar-refractivity contribution in [1.82, 2.24) is 4.98 Å². The second-order valence-electron chi connectivity index (χ2n) is 2.97. The Morgan fingerprint density at radius 2 is 2.00 bits per heavy atom. The third-order valence-corrected chi connectivity index (χ3v) is 2.93. The zero-order valence-electron chi connectivity index (χ0n) is 7.22. The molecule has 0 amide bonds. The molecule has 2 aromatic heterocycles. The van der Waals surface area contributed by atoms with Crippen LogP contribution in [0.25, 0.3) is 10.2 Å². The van der Waals surface area contributed by atoms with Crippen LogP contribution in [0.3, 0.4) is 0 Å². The minimum Gasteiger partial charge on any atom is -0.232 e. The Hall–Kier alpha value is -1.10. The SMILES string of the molecule is Cc1csc2nc(C(F)(F)F)ccc12. The maximum atomic E-state index is 12.3. The molecule has 0 atom stereocenters. The molecule has 0 unspecified atom stereocenters. The Balaban J connectivity index is 2.63. The van der Waals surface area contributed by atoms with Gasteiger partial charge in [-0.1, -0.05) is 0 Å². The van der Waals surface area contributed by atoms with Crippen molar-refractivity contribution in [3.8, 4) is 0 Å². The van der Waals surface area contributed by atoms with E-state index in [-0.39, 0.29) is 0 Å². The number of fused-ring (bicyclic) bond motifs is 1. The van der Waals surface area contributed by atoms with Crippen LogP contribution in [0.15, 0.2) is 17.5 Å². The van der Waals surface area contributed by atoms with E-state index in [2.05, 4.69) is 4.98 Å². The lowest BCUT2D eigenvalue weighted by atomic mass is 10.2. The number of nitrogens with zero attached hydrogens (tertiary/aromatic N) is 1. The molecular formula is C9H6F3NS. The Kier molecular flexibility index (Phi) is 1.99. The summed E-state index contributed by atoms with van der Waals surface area (Å²) in [6, 6.07) is 2.49. The highest BCUT2D eigenvalue weighted by molar-refractivity contribution is 7.16. The second kappa shape index (κ2) is 2.95. The van der Waals surface area contributed by atoms with E-state index in [0.717, 1.165) is 17.0 Å². The number of rotatable bonds is 0. The summed E-state index contributed by atoms with van der Waals surface area (Å²) in [5.41, 5.74) is 0.137. The largest absolute Gasteiger partial charge is 0.433 e. The summed E-state index contributed by atoms with van der Waals surface area (Å²) < 4.78 is 36.8. The average molecular weight is 217 g/mol. The molecule has 5 heteroatoms. The smallest absolute Gasteiger partial charge is 0.232 e. The van der Waals surface area contributed by atoms with Crippen LogP contribution in [0.4, 0.5) is 13.2 Å². The van der Waals surface area contributed by atoms with Crippen LogP contribution in [-0.2, 0) is 6.18 Å². The van der Waals surface area contributed by atoms with Gasteiger partial charge in [-0.3, -0.25) is 0 Å². The van der Waals surface area contributed by atoms with Crippen molar-refractivity contribution in [2.45, 2.75) is 13.1 Å². The molecule has 0 N–H and O–H groups in total. The van der Waals surface area contributed by atoms with Gasteiger partial charge in [0, 0.05) is 5.39 Å². The first kappa shape index (κ1) is 9.45. The third-order valence-electron chi connectivity index (χ3n) is 1.92. The molecule has 0 aliphatic heterocycles.